The number of amides is 1. The van der Waals surface area contributed by atoms with Gasteiger partial charge in [-0.25, -0.2) is 0 Å². The minimum absolute atomic E-state index is 0.182. The Bertz CT molecular complexity index is 593. The lowest BCUT2D eigenvalue weighted by molar-refractivity contribution is 0.103. The summed E-state index contributed by atoms with van der Waals surface area (Å²) in [5.74, 6) is 5.12. The van der Waals surface area contributed by atoms with E-state index in [0.29, 0.717) is 10.4 Å². The number of rotatable bonds is 2. The molecule has 0 fully saturated rings. The lowest BCUT2D eigenvalue weighted by Gasteiger charge is -2.03. The Morgan fingerprint density at radius 2 is 2.06 bits per heavy atom. The van der Waals surface area contributed by atoms with E-state index in [4.69, 9.17) is 5.11 Å². The van der Waals surface area contributed by atoms with Crippen molar-refractivity contribution < 1.29 is 9.90 Å². The van der Waals surface area contributed by atoms with Crippen LogP contribution >= 0.6 is 11.3 Å². The lowest BCUT2D eigenvalue weighted by atomic mass is 10.2. The summed E-state index contributed by atoms with van der Waals surface area (Å²) in [5.41, 5.74) is 1.39. The van der Waals surface area contributed by atoms with E-state index >= 15 is 0 Å². The van der Waals surface area contributed by atoms with Gasteiger partial charge in [-0.2, -0.15) is 0 Å². The molecule has 1 amide bonds. The molecule has 2 rings (SSSR count). The van der Waals surface area contributed by atoms with Crippen LogP contribution in [0.3, 0.4) is 0 Å². The molecule has 0 bridgehead atoms. The van der Waals surface area contributed by atoms with Crippen LogP contribution in [-0.2, 0) is 0 Å². The van der Waals surface area contributed by atoms with Gasteiger partial charge in [0.25, 0.3) is 5.91 Å². The number of benzene rings is 1. The number of aliphatic hydroxyl groups excluding tert-OH is 1. The maximum Gasteiger partial charge on any atom is 0.267 e. The van der Waals surface area contributed by atoms with E-state index in [2.05, 4.69) is 17.2 Å². The van der Waals surface area contributed by atoms with Gasteiger partial charge in [0.1, 0.15) is 11.5 Å². The third-order valence-corrected chi connectivity index (χ3v) is 3.12. The molecule has 0 aliphatic carbocycles. The maximum atomic E-state index is 12.0. The molecule has 0 saturated carbocycles. The van der Waals surface area contributed by atoms with Crippen molar-refractivity contribution in [1.29, 1.82) is 0 Å². The molecule has 0 aliphatic heterocycles. The molecule has 3 nitrogen and oxygen atoms in total. The summed E-state index contributed by atoms with van der Waals surface area (Å²) < 4.78 is 0. The predicted molar refractivity (Wildman–Crippen MR) is 72.7 cm³/mol. The Kier molecular flexibility index (Phi) is 4.13. The van der Waals surface area contributed by atoms with Crippen LogP contribution in [0, 0.1) is 11.8 Å². The molecule has 0 atom stereocenters. The van der Waals surface area contributed by atoms with Crippen LogP contribution in [0.4, 0.5) is 5.69 Å². The summed E-state index contributed by atoms with van der Waals surface area (Å²) in [5, 5.41) is 13.3. The monoisotopic (exact) mass is 257 g/mol. The Labute approximate surface area is 109 Å². The van der Waals surface area contributed by atoms with Crippen LogP contribution in [0.5, 0.6) is 0 Å². The van der Waals surface area contributed by atoms with Crippen LogP contribution in [-0.4, -0.2) is 17.6 Å². The van der Waals surface area contributed by atoms with E-state index in [1.165, 1.54) is 11.3 Å². The van der Waals surface area contributed by atoms with Gasteiger partial charge in [0.2, 0.25) is 0 Å². The number of hydrogen-bond acceptors (Lipinski definition) is 3. The van der Waals surface area contributed by atoms with Crippen molar-refractivity contribution in [2.75, 3.05) is 11.9 Å². The molecule has 0 unspecified atom stereocenters. The molecule has 4 heteroatoms. The predicted octanol–water partition coefficient (Wildman–Crippen LogP) is 2.34. The molecule has 0 spiro atoms. The number of para-hydroxylation sites is 1. The topological polar surface area (TPSA) is 49.3 Å². The Hall–Kier alpha value is -2.09. The normalized spacial score (nSPS) is 9.39. The first kappa shape index (κ1) is 12.4. The second kappa shape index (κ2) is 6.01. The van der Waals surface area contributed by atoms with Gasteiger partial charge >= 0.3 is 0 Å². The van der Waals surface area contributed by atoms with E-state index < -0.39 is 0 Å². The average Bonchev–Trinajstić information content (AvgIpc) is 2.86. The van der Waals surface area contributed by atoms with Gasteiger partial charge in [-0.1, -0.05) is 30.0 Å². The number of thiophene rings is 1. The van der Waals surface area contributed by atoms with Crippen molar-refractivity contribution in [2.45, 2.75) is 0 Å². The minimum atomic E-state index is -0.213. The van der Waals surface area contributed by atoms with Crippen LogP contribution in [0.1, 0.15) is 15.2 Å². The Balaban J connectivity index is 2.17. The quantitative estimate of drug-likeness (QED) is 0.811. The fourth-order valence-corrected chi connectivity index (χ4v) is 2.17. The molecule has 1 heterocycles. The van der Waals surface area contributed by atoms with Crippen molar-refractivity contribution in [1.82, 2.24) is 0 Å². The molecule has 2 N–H and O–H groups in total. The third-order valence-electron chi connectivity index (χ3n) is 2.21. The van der Waals surface area contributed by atoms with Gasteiger partial charge in [-0.05, 0) is 23.6 Å². The van der Waals surface area contributed by atoms with Crippen molar-refractivity contribution in [3.8, 4) is 11.8 Å². The van der Waals surface area contributed by atoms with E-state index in [0.717, 1.165) is 5.69 Å². The van der Waals surface area contributed by atoms with E-state index in [1.54, 1.807) is 11.4 Å². The van der Waals surface area contributed by atoms with Gasteiger partial charge in [0.15, 0.2) is 0 Å². The molecule has 0 saturated heterocycles. The summed E-state index contributed by atoms with van der Waals surface area (Å²) in [4.78, 5) is 12.6. The van der Waals surface area contributed by atoms with Gasteiger partial charge in [0, 0.05) is 11.3 Å². The average molecular weight is 257 g/mol. The first-order chi connectivity index (χ1) is 8.81. The van der Waals surface area contributed by atoms with E-state index in [-0.39, 0.29) is 12.5 Å². The number of nitrogens with one attached hydrogen (secondary N) is 1. The highest BCUT2D eigenvalue weighted by atomic mass is 32.1. The molecule has 2 aromatic rings. The summed E-state index contributed by atoms with van der Waals surface area (Å²) in [6.07, 6.45) is 0. The maximum absolute atomic E-state index is 12.0. The molecular formula is C14H11NO2S. The van der Waals surface area contributed by atoms with Crippen LogP contribution < -0.4 is 5.32 Å². The number of carbonyl (C=O) groups excluding carboxylic acids is 1. The van der Waals surface area contributed by atoms with Crippen molar-refractivity contribution in [3.63, 3.8) is 0 Å². The smallest absolute Gasteiger partial charge is 0.267 e. The summed E-state index contributed by atoms with van der Waals surface area (Å²) in [6, 6.07) is 11.0. The lowest BCUT2D eigenvalue weighted by Crippen LogP contribution is -2.11. The Morgan fingerprint density at radius 1 is 1.28 bits per heavy atom. The molecule has 1 aromatic heterocycles. The fourth-order valence-electron chi connectivity index (χ4n) is 1.43. The summed E-state index contributed by atoms with van der Waals surface area (Å²) in [6.45, 7) is -0.213. The summed E-state index contributed by atoms with van der Waals surface area (Å²) >= 11 is 1.33. The van der Waals surface area contributed by atoms with Gasteiger partial charge < -0.3 is 10.4 Å². The second-order valence-electron chi connectivity index (χ2n) is 3.44. The van der Waals surface area contributed by atoms with Crippen LogP contribution in [0.25, 0.3) is 0 Å². The van der Waals surface area contributed by atoms with Gasteiger partial charge in [0.05, 0.1) is 0 Å². The fraction of sp³-hybridized carbons (Fsp3) is 0.0714. The first-order valence-corrected chi connectivity index (χ1v) is 6.23. The molecule has 1 aromatic carbocycles. The van der Waals surface area contributed by atoms with Crippen molar-refractivity contribution in [3.05, 3.63) is 52.2 Å². The highest BCUT2D eigenvalue weighted by molar-refractivity contribution is 7.12. The third kappa shape index (κ3) is 2.98. The SMILES string of the molecule is O=C(Nc1ccccc1)c1sccc1C#CCO. The first-order valence-electron chi connectivity index (χ1n) is 5.35. The zero-order valence-corrected chi connectivity index (χ0v) is 10.3. The van der Waals surface area contributed by atoms with Crippen molar-refractivity contribution >= 4 is 22.9 Å². The van der Waals surface area contributed by atoms with E-state index in [1.807, 2.05) is 30.3 Å². The number of aliphatic hydroxyl groups is 1. The van der Waals surface area contributed by atoms with Gasteiger partial charge in [-0.3, -0.25) is 4.79 Å². The highest BCUT2D eigenvalue weighted by Crippen LogP contribution is 2.18. The standard InChI is InChI=1S/C14H11NO2S/c16-9-4-5-11-8-10-18-13(11)14(17)15-12-6-2-1-3-7-12/h1-3,6-8,10,16H,9H2,(H,15,17). The summed E-state index contributed by atoms with van der Waals surface area (Å²) in [7, 11) is 0. The van der Waals surface area contributed by atoms with Crippen molar-refractivity contribution in [2.24, 2.45) is 0 Å². The van der Waals surface area contributed by atoms with Crippen LogP contribution in [0.15, 0.2) is 41.8 Å². The molecule has 18 heavy (non-hydrogen) atoms. The second-order valence-corrected chi connectivity index (χ2v) is 4.36. The zero-order valence-electron chi connectivity index (χ0n) is 9.51. The number of carbonyl (C=O) groups is 1. The number of anilines is 1. The Morgan fingerprint density at radius 3 is 2.78 bits per heavy atom. The van der Waals surface area contributed by atoms with Crippen LogP contribution in [0.2, 0.25) is 0 Å². The number of hydrogen-bond donors (Lipinski definition) is 2. The minimum Gasteiger partial charge on any atom is -0.384 e. The molecular weight excluding hydrogens is 246 g/mol. The van der Waals surface area contributed by atoms with E-state index in [9.17, 15) is 4.79 Å². The largest absolute Gasteiger partial charge is 0.384 e. The molecule has 0 radical (unpaired) electrons. The highest BCUT2D eigenvalue weighted by Gasteiger charge is 2.11. The van der Waals surface area contributed by atoms with Gasteiger partial charge in [-0.15, -0.1) is 11.3 Å². The molecule has 90 valence electrons. The molecule has 0 aliphatic rings. The zero-order chi connectivity index (χ0) is 12.8.